The summed E-state index contributed by atoms with van der Waals surface area (Å²) in [5.74, 6) is 0. The lowest BCUT2D eigenvalue weighted by Crippen LogP contribution is -2.40. The first-order valence-electron chi connectivity index (χ1n) is 8.15. The van der Waals surface area contributed by atoms with Crippen LogP contribution in [-0.2, 0) is 12.6 Å². The van der Waals surface area contributed by atoms with E-state index >= 15 is 0 Å². The van der Waals surface area contributed by atoms with Crippen molar-refractivity contribution in [2.75, 3.05) is 30.9 Å². The number of anilines is 2. The van der Waals surface area contributed by atoms with Gasteiger partial charge in [0, 0.05) is 44.3 Å². The molecular weight excluding hydrogens is 318 g/mol. The molecule has 1 aromatic heterocycles. The van der Waals surface area contributed by atoms with E-state index in [0.717, 1.165) is 22.5 Å². The number of nitrogens with one attached hydrogen (secondary N) is 2. The van der Waals surface area contributed by atoms with Crippen LogP contribution >= 0.6 is 0 Å². The lowest BCUT2D eigenvalue weighted by Gasteiger charge is -2.23. The average molecular weight is 345 g/mol. The molecule has 0 aliphatic carbocycles. The van der Waals surface area contributed by atoms with Crippen molar-refractivity contribution in [1.82, 2.24) is 15.1 Å². The highest BCUT2D eigenvalue weighted by Crippen LogP contribution is 2.26. The minimum atomic E-state index is -1.19. The van der Waals surface area contributed by atoms with Gasteiger partial charge in [0.25, 0.3) is 0 Å². The van der Waals surface area contributed by atoms with Crippen molar-refractivity contribution >= 4 is 17.4 Å². The molecule has 0 saturated heterocycles. The number of urea groups is 1. The van der Waals surface area contributed by atoms with Crippen molar-refractivity contribution in [3.63, 3.8) is 0 Å². The van der Waals surface area contributed by atoms with Gasteiger partial charge in [0.2, 0.25) is 0 Å². The second kappa shape index (κ2) is 7.14. The van der Waals surface area contributed by atoms with Gasteiger partial charge in [-0.3, -0.25) is 4.68 Å². The highest BCUT2D eigenvalue weighted by atomic mass is 16.3. The smallest absolute Gasteiger partial charge is 0.319 e. The molecule has 0 radical (unpaired) electrons. The van der Waals surface area contributed by atoms with Crippen molar-refractivity contribution in [1.29, 1.82) is 0 Å². The molecule has 2 rings (SSSR count). The van der Waals surface area contributed by atoms with Gasteiger partial charge in [-0.1, -0.05) is 0 Å². The molecule has 0 spiro atoms. The van der Waals surface area contributed by atoms with Crippen LogP contribution in [0.1, 0.15) is 23.6 Å². The maximum absolute atomic E-state index is 12.3. The fourth-order valence-corrected chi connectivity index (χ4v) is 2.61. The Morgan fingerprint density at radius 2 is 1.92 bits per heavy atom. The summed E-state index contributed by atoms with van der Waals surface area (Å²) in [6.45, 7) is 5.65. The molecule has 1 heterocycles. The molecule has 0 aliphatic rings. The number of aliphatic hydroxyl groups is 1. The molecule has 3 N–H and O–H groups in total. The monoisotopic (exact) mass is 345 g/mol. The summed E-state index contributed by atoms with van der Waals surface area (Å²) in [7, 11) is 5.74. The van der Waals surface area contributed by atoms with Gasteiger partial charge in [-0.25, -0.2) is 4.79 Å². The molecule has 1 atom stereocenters. The second-order valence-corrected chi connectivity index (χ2v) is 6.83. The van der Waals surface area contributed by atoms with Crippen LogP contribution in [0.4, 0.5) is 16.2 Å². The number of hydrogen-bond donors (Lipinski definition) is 3. The number of amides is 2. The summed E-state index contributed by atoms with van der Waals surface area (Å²) in [5, 5.41) is 20.2. The van der Waals surface area contributed by atoms with Gasteiger partial charge in [-0.05, 0) is 44.0 Å². The van der Waals surface area contributed by atoms with Crippen molar-refractivity contribution in [3.05, 3.63) is 41.2 Å². The van der Waals surface area contributed by atoms with E-state index in [1.54, 1.807) is 31.0 Å². The van der Waals surface area contributed by atoms with E-state index in [0.29, 0.717) is 5.56 Å². The van der Waals surface area contributed by atoms with Crippen LogP contribution in [0.3, 0.4) is 0 Å². The minimum absolute atomic E-state index is 0.0817. The lowest BCUT2D eigenvalue weighted by atomic mass is 10.00. The van der Waals surface area contributed by atoms with Gasteiger partial charge in [0.1, 0.15) is 5.60 Å². The largest absolute Gasteiger partial charge is 0.383 e. The first-order chi connectivity index (χ1) is 11.6. The summed E-state index contributed by atoms with van der Waals surface area (Å²) in [6.07, 6.45) is 3.32. The molecule has 136 valence electrons. The van der Waals surface area contributed by atoms with E-state index in [1.165, 1.54) is 0 Å². The third kappa shape index (κ3) is 4.51. The number of aromatic nitrogens is 2. The summed E-state index contributed by atoms with van der Waals surface area (Å²) in [4.78, 5) is 14.3. The van der Waals surface area contributed by atoms with Gasteiger partial charge in [-0.15, -0.1) is 0 Å². The standard InChI is InChI=1S/C18H27N5O2/c1-12-7-15(22(4)5)8-13(2)16(12)21-17(24)19-11-18(3,25)14-9-20-23(6)10-14/h7-10,25H,11H2,1-6H3,(H2,19,21,24). The third-order valence-electron chi connectivity index (χ3n) is 4.19. The quantitative estimate of drug-likeness (QED) is 0.775. The number of nitrogens with zero attached hydrogens (tertiary/aromatic N) is 3. The van der Waals surface area contributed by atoms with Crippen molar-refractivity contribution in [2.45, 2.75) is 26.4 Å². The maximum atomic E-state index is 12.3. The molecule has 25 heavy (non-hydrogen) atoms. The van der Waals surface area contributed by atoms with Crippen LogP contribution in [0, 0.1) is 13.8 Å². The number of aryl methyl sites for hydroxylation is 3. The molecule has 2 aromatic rings. The number of benzene rings is 1. The summed E-state index contributed by atoms with van der Waals surface area (Å²) in [6, 6.07) is 3.69. The number of hydrogen-bond acceptors (Lipinski definition) is 4. The van der Waals surface area contributed by atoms with E-state index in [-0.39, 0.29) is 12.6 Å². The summed E-state index contributed by atoms with van der Waals surface area (Å²) in [5.41, 5.74) is 3.29. The topological polar surface area (TPSA) is 82.4 Å². The SMILES string of the molecule is Cc1cc(N(C)C)cc(C)c1NC(=O)NCC(C)(O)c1cnn(C)c1. The van der Waals surface area contributed by atoms with Gasteiger partial charge in [0.15, 0.2) is 0 Å². The molecule has 7 nitrogen and oxygen atoms in total. The van der Waals surface area contributed by atoms with E-state index in [4.69, 9.17) is 0 Å². The average Bonchev–Trinajstić information content (AvgIpc) is 2.96. The predicted molar refractivity (Wildman–Crippen MR) is 100 cm³/mol. The fraction of sp³-hybridized carbons (Fsp3) is 0.444. The predicted octanol–water partition coefficient (Wildman–Crippen LogP) is 2.13. The van der Waals surface area contributed by atoms with Crippen LogP contribution in [0.15, 0.2) is 24.5 Å². The molecule has 7 heteroatoms. The molecular formula is C18H27N5O2. The molecule has 0 fully saturated rings. The fourth-order valence-electron chi connectivity index (χ4n) is 2.61. The first-order valence-corrected chi connectivity index (χ1v) is 8.15. The zero-order chi connectivity index (χ0) is 18.8. The van der Waals surface area contributed by atoms with Crippen LogP contribution in [-0.4, -0.2) is 41.6 Å². The van der Waals surface area contributed by atoms with Gasteiger partial charge < -0.3 is 20.6 Å². The van der Waals surface area contributed by atoms with Gasteiger partial charge in [-0.2, -0.15) is 5.10 Å². The van der Waals surface area contributed by atoms with Crippen LogP contribution in [0.25, 0.3) is 0 Å². The number of carbonyl (C=O) groups is 1. The summed E-state index contributed by atoms with van der Waals surface area (Å²) >= 11 is 0. The zero-order valence-corrected chi connectivity index (χ0v) is 15.7. The van der Waals surface area contributed by atoms with Gasteiger partial charge >= 0.3 is 6.03 Å². The molecule has 1 unspecified atom stereocenters. The molecule has 1 aromatic carbocycles. The Hall–Kier alpha value is -2.54. The lowest BCUT2D eigenvalue weighted by molar-refractivity contribution is 0.0599. The normalized spacial score (nSPS) is 13.2. The Kier molecular flexibility index (Phi) is 5.37. The Morgan fingerprint density at radius 1 is 1.32 bits per heavy atom. The second-order valence-electron chi connectivity index (χ2n) is 6.83. The Balaban J connectivity index is 2.03. The van der Waals surface area contributed by atoms with Crippen LogP contribution in [0.5, 0.6) is 0 Å². The van der Waals surface area contributed by atoms with Crippen molar-refractivity contribution < 1.29 is 9.90 Å². The number of carbonyl (C=O) groups excluding carboxylic acids is 1. The maximum Gasteiger partial charge on any atom is 0.319 e. The van der Waals surface area contributed by atoms with Crippen molar-refractivity contribution in [3.8, 4) is 0 Å². The third-order valence-corrected chi connectivity index (χ3v) is 4.19. The number of rotatable bonds is 5. The van der Waals surface area contributed by atoms with E-state index in [9.17, 15) is 9.90 Å². The first kappa shape index (κ1) is 18.8. The Morgan fingerprint density at radius 3 is 2.40 bits per heavy atom. The molecule has 0 aliphatic heterocycles. The molecule has 0 bridgehead atoms. The van der Waals surface area contributed by atoms with Gasteiger partial charge in [0.05, 0.1) is 12.7 Å². The highest BCUT2D eigenvalue weighted by Gasteiger charge is 2.25. The zero-order valence-electron chi connectivity index (χ0n) is 15.7. The van der Waals surface area contributed by atoms with Crippen LogP contribution in [0.2, 0.25) is 0 Å². The molecule has 2 amide bonds. The minimum Gasteiger partial charge on any atom is -0.383 e. The van der Waals surface area contributed by atoms with E-state index in [2.05, 4.69) is 15.7 Å². The van der Waals surface area contributed by atoms with Crippen molar-refractivity contribution in [2.24, 2.45) is 7.05 Å². The summed E-state index contributed by atoms with van der Waals surface area (Å²) < 4.78 is 1.61. The van der Waals surface area contributed by atoms with Crippen LogP contribution < -0.4 is 15.5 Å². The highest BCUT2D eigenvalue weighted by molar-refractivity contribution is 5.91. The Labute approximate surface area is 148 Å². The van der Waals surface area contributed by atoms with E-state index < -0.39 is 5.60 Å². The molecule has 0 saturated carbocycles. The Bertz CT molecular complexity index is 742. The van der Waals surface area contributed by atoms with E-state index in [1.807, 2.05) is 45.0 Å².